The lowest BCUT2D eigenvalue weighted by atomic mass is 10.1. The highest BCUT2D eigenvalue weighted by Crippen LogP contribution is 2.31. The summed E-state index contributed by atoms with van der Waals surface area (Å²) in [4.78, 5) is 26.8. The van der Waals surface area contributed by atoms with E-state index >= 15 is 0 Å². The number of anilines is 1. The third-order valence-corrected chi connectivity index (χ3v) is 3.02. The summed E-state index contributed by atoms with van der Waals surface area (Å²) in [5, 5.41) is 19.6. The van der Waals surface area contributed by atoms with Crippen molar-refractivity contribution in [2.75, 3.05) is 18.1 Å². The molecule has 1 aliphatic rings. The second-order valence-corrected chi connectivity index (χ2v) is 4.42. The number of carbonyl (C=O) groups is 1. The Labute approximate surface area is 107 Å². The van der Waals surface area contributed by atoms with Gasteiger partial charge in [-0.15, -0.1) is 0 Å². The first-order valence-electron chi connectivity index (χ1n) is 5.24. The zero-order chi connectivity index (χ0) is 13.3. The number of aliphatic hydroxyl groups is 1. The molecular formula is C10H10ClN3O4. The molecule has 1 saturated heterocycles. The zero-order valence-corrected chi connectivity index (χ0v) is 10.0. The molecule has 2 heterocycles. The second-order valence-electron chi connectivity index (χ2n) is 4.01. The Balaban J connectivity index is 2.29. The number of aliphatic hydroxyl groups excluding tert-OH is 1. The van der Waals surface area contributed by atoms with Gasteiger partial charge in [-0.05, 0) is 0 Å². The molecule has 0 spiro atoms. The van der Waals surface area contributed by atoms with Gasteiger partial charge in [0.25, 0.3) is 5.69 Å². The fourth-order valence-electron chi connectivity index (χ4n) is 1.83. The van der Waals surface area contributed by atoms with Crippen LogP contribution in [0.25, 0.3) is 0 Å². The maximum atomic E-state index is 11.7. The lowest BCUT2D eigenvalue weighted by Gasteiger charge is -2.16. The average molecular weight is 272 g/mol. The molecule has 8 heteroatoms. The normalized spacial score (nSPS) is 19.3. The third kappa shape index (κ3) is 2.27. The Kier molecular flexibility index (Phi) is 3.44. The number of rotatable bonds is 3. The molecular weight excluding hydrogens is 262 g/mol. The number of pyridine rings is 1. The third-order valence-electron chi connectivity index (χ3n) is 2.74. The monoisotopic (exact) mass is 271 g/mol. The van der Waals surface area contributed by atoms with E-state index in [1.807, 2.05) is 0 Å². The van der Waals surface area contributed by atoms with E-state index in [4.69, 9.17) is 16.7 Å². The summed E-state index contributed by atoms with van der Waals surface area (Å²) in [7, 11) is 0. The van der Waals surface area contributed by atoms with Gasteiger partial charge in [0.2, 0.25) is 5.91 Å². The van der Waals surface area contributed by atoms with Gasteiger partial charge in [0, 0.05) is 31.6 Å². The highest BCUT2D eigenvalue weighted by atomic mass is 35.5. The van der Waals surface area contributed by atoms with Gasteiger partial charge in [-0.25, -0.2) is 4.98 Å². The summed E-state index contributed by atoms with van der Waals surface area (Å²) >= 11 is 5.89. The van der Waals surface area contributed by atoms with E-state index in [-0.39, 0.29) is 41.4 Å². The predicted octanol–water partition coefficient (Wildman–Crippen LogP) is 0.988. The lowest BCUT2D eigenvalue weighted by Crippen LogP contribution is -2.26. The van der Waals surface area contributed by atoms with Crippen LogP contribution in [0.5, 0.6) is 0 Å². The predicted molar refractivity (Wildman–Crippen MR) is 63.4 cm³/mol. The van der Waals surface area contributed by atoms with Crippen LogP contribution in [0.1, 0.15) is 6.42 Å². The Morgan fingerprint density at radius 3 is 2.89 bits per heavy atom. The molecule has 1 aliphatic heterocycles. The Bertz CT molecular complexity index is 508. The van der Waals surface area contributed by atoms with E-state index in [1.54, 1.807) is 0 Å². The highest BCUT2D eigenvalue weighted by molar-refractivity contribution is 6.33. The number of nitro groups is 1. The summed E-state index contributed by atoms with van der Waals surface area (Å²) in [6, 6.07) is 1.16. The molecule has 1 unspecified atom stereocenters. The molecule has 0 aliphatic carbocycles. The number of amides is 1. The Hall–Kier alpha value is -1.73. The van der Waals surface area contributed by atoms with E-state index in [2.05, 4.69) is 4.98 Å². The molecule has 1 amide bonds. The molecule has 0 radical (unpaired) electrons. The number of aromatic nitrogens is 1. The topological polar surface area (TPSA) is 96.6 Å². The Morgan fingerprint density at radius 2 is 2.39 bits per heavy atom. The largest absolute Gasteiger partial charge is 0.396 e. The maximum absolute atomic E-state index is 11.7. The van der Waals surface area contributed by atoms with Gasteiger partial charge in [-0.3, -0.25) is 19.8 Å². The molecule has 96 valence electrons. The number of carbonyl (C=O) groups excluding carboxylic acids is 1. The number of hydrogen-bond donors (Lipinski definition) is 1. The molecule has 0 bridgehead atoms. The quantitative estimate of drug-likeness (QED) is 0.653. The van der Waals surface area contributed by atoms with Gasteiger partial charge in [-0.2, -0.15) is 0 Å². The van der Waals surface area contributed by atoms with Crippen molar-refractivity contribution in [3.05, 3.63) is 27.4 Å². The first-order chi connectivity index (χ1) is 8.52. The molecule has 1 fully saturated rings. The van der Waals surface area contributed by atoms with Crippen molar-refractivity contribution in [2.24, 2.45) is 5.92 Å². The molecule has 1 atom stereocenters. The Morgan fingerprint density at radius 1 is 1.67 bits per heavy atom. The van der Waals surface area contributed by atoms with Crippen LogP contribution in [0, 0.1) is 16.0 Å². The molecule has 1 aromatic rings. The second kappa shape index (κ2) is 4.87. The van der Waals surface area contributed by atoms with Crippen molar-refractivity contribution >= 4 is 29.0 Å². The van der Waals surface area contributed by atoms with Crippen molar-refractivity contribution in [3.63, 3.8) is 0 Å². The van der Waals surface area contributed by atoms with Crippen LogP contribution in [0.15, 0.2) is 12.3 Å². The van der Waals surface area contributed by atoms with Crippen molar-refractivity contribution < 1.29 is 14.8 Å². The summed E-state index contributed by atoms with van der Waals surface area (Å²) in [6.07, 6.45) is 1.28. The number of nitrogens with zero attached hydrogens (tertiary/aromatic N) is 3. The highest BCUT2D eigenvalue weighted by Gasteiger charge is 2.32. The zero-order valence-electron chi connectivity index (χ0n) is 9.24. The van der Waals surface area contributed by atoms with E-state index in [0.29, 0.717) is 6.54 Å². The van der Waals surface area contributed by atoms with E-state index in [9.17, 15) is 14.9 Å². The first kappa shape index (κ1) is 12.7. The fourth-order valence-corrected chi connectivity index (χ4v) is 2.09. The van der Waals surface area contributed by atoms with Gasteiger partial charge in [-0.1, -0.05) is 11.6 Å². The van der Waals surface area contributed by atoms with Crippen molar-refractivity contribution in [1.29, 1.82) is 0 Å². The molecule has 2 rings (SSSR count). The van der Waals surface area contributed by atoms with Gasteiger partial charge >= 0.3 is 0 Å². The molecule has 1 N–H and O–H groups in total. The summed E-state index contributed by atoms with van der Waals surface area (Å²) in [5.74, 6) is -0.147. The minimum atomic E-state index is -0.606. The minimum absolute atomic E-state index is 0.0520. The minimum Gasteiger partial charge on any atom is -0.396 e. The van der Waals surface area contributed by atoms with Crippen LogP contribution in [0.4, 0.5) is 11.5 Å². The number of hydrogen-bond acceptors (Lipinski definition) is 5. The smallest absolute Gasteiger partial charge is 0.289 e. The molecule has 0 aromatic carbocycles. The molecule has 1 aromatic heterocycles. The summed E-state index contributed by atoms with van der Waals surface area (Å²) < 4.78 is 0. The average Bonchev–Trinajstić information content (AvgIpc) is 2.70. The fraction of sp³-hybridized carbons (Fsp3) is 0.400. The SMILES string of the molecule is O=C1CC(CO)CN1c1ncc([N+](=O)[O-])cc1Cl. The van der Waals surface area contributed by atoms with Crippen LogP contribution >= 0.6 is 11.6 Å². The molecule has 0 saturated carbocycles. The van der Waals surface area contributed by atoms with Crippen LogP contribution in [0.3, 0.4) is 0 Å². The lowest BCUT2D eigenvalue weighted by molar-refractivity contribution is -0.385. The maximum Gasteiger partial charge on any atom is 0.289 e. The van der Waals surface area contributed by atoms with E-state index in [0.717, 1.165) is 12.3 Å². The number of halogens is 1. The summed E-state index contributed by atoms with van der Waals surface area (Å²) in [5.41, 5.74) is -0.228. The van der Waals surface area contributed by atoms with Gasteiger partial charge in [0.05, 0.1) is 9.95 Å². The summed E-state index contributed by atoms with van der Waals surface area (Å²) in [6.45, 7) is 0.229. The van der Waals surface area contributed by atoms with Crippen LogP contribution in [0.2, 0.25) is 5.02 Å². The van der Waals surface area contributed by atoms with Crippen molar-refractivity contribution in [3.8, 4) is 0 Å². The molecule has 18 heavy (non-hydrogen) atoms. The van der Waals surface area contributed by atoms with Crippen LogP contribution in [-0.4, -0.2) is 34.1 Å². The van der Waals surface area contributed by atoms with Crippen molar-refractivity contribution in [1.82, 2.24) is 4.98 Å². The first-order valence-corrected chi connectivity index (χ1v) is 5.62. The van der Waals surface area contributed by atoms with Crippen molar-refractivity contribution in [2.45, 2.75) is 6.42 Å². The van der Waals surface area contributed by atoms with E-state index in [1.165, 1.54) is 4.90 Å². The van der Waals surface area contributed by atoms with Gasteiger partial charge in [0.1, 0.15) is 6.20 Å². The standard InChI is InChI=1S/C10H10ClN3O4/c11-8-2-7(14(17)18)3-12-10(8)13-4-6(5-15)1-9(13)16/h2-3,6,15H,1,4-5H2. The van der Waals surface area contributed by atoms with Crippen LogP contribution < -0.4 is 4.90 Å². The van der Waals surface area contributed by atoms with E-state index < -0.39 is 4.92 Å². The van der Waals surface area contributed by atoms with Gasteiger partial charge < -0.3 is 5.11 Å². The molecule has 7 nitrogen and oxygen atoms in total. The van der Waals surface area contributed by atoms with Crippen LogP contribution in [-0.2, 0) is 4.79 Å². The van der Waals surface area contributed by atoms with Gasteiger partial charge in [0.15, 0.2) is 5.82 Å².